The molecule has 0 aliphatic rings. The Morgan fingerprint density at radius 3 is 2.58 bits per heavy atom. The highest BCUT2D eigenvalue weighted by Gasteiger charge is 2.27. The van der Waals surface area contributed by atoms with Crippen molar-refractivity contribution >= 4 is 27.5 Å². The van der Waals surface area contributed by atoms with Crippen LogP contribution in [0.25, 0.3) is 0 Å². The van der Waals surface area contributed by atoms with E-state index < -0.39 is 12.6 Å². The molecule has 1 aromatic carbocycles. The Morgan fingerprint density at radius 2 is 2.11 bits per heavy atom. The van der Waals surface area contributed by atoms with Gasteiger partial charge >= 0.3 is 6.18 Å². The van der Waals surface area contributed by atoms with Crippen LogP contribution in [0.3, 0.4) is 0 Å². The molecule has 0 saturated heterocycles. The number of benzene rings is 1. The molecule has 0 spiro atoms. The van der Waals surface area contributed by atoms with Crippen LogP contribution in [-0.2, 0) is 0 Å². The van der Waals surface area contributed by atoms with E-state index in [0.717, 1.165) is 0 Å². The van der Waals surface area contributed by atoms with Crippen molar-refractivity contribution in [3.63, 3.8) is 0 Å². The zero-order valence-electron chi connectivity index (χ0n) is 10.1. The maximum Gasteiger partial charge on any atom is 0.390 e. The molecule has 0 unspecified atom stereocenters. The molecule has 0 radical (unpaired) electrons. The van der Waals surface area contributed by atoms with Gasteiger partial charge in [0, 0.05) is 29.3 Å². The number of oxime groups is 1. The van der Waals surface area contributed by atoms with Gasteiger partial charge in [0.05, 0.1) is 6.42 Å². The first kappa shape index (κ1) is 15.6. The van der Waals surface area contributed by atoms with Crippen LogP contribution in [0, 0.1) is 0 Å². The highest BCUT2D eigenvalue weighted by Crippen LogP contribution is 2.25. The highest BCUT2D eigenvalue weighted by atomic mass is 79.9. The standard InChI is InChI=1S/C11H13BrF3N3O/c1-18(5-4-11(13,14)15)7-2-3-8(9(12)6-7)10(16)17-19/h2-3,6,19H,4-5H2,1H3,(H2,16,17). The van der Waals surface area contributed by atoms with E-state index in [2.05, 4.69) is 21.1 Å². The van der Waals surface area contributed by atoms with Crippen LogP contribution < -0.4 is 10.6 Å². The molecule has 0 fully saturated rings. The van der Waals surface area contributed by atoms with E-state index in [1.165, 1.54) is 4.90 Å². The van der Waals surface area contributed by atoms with Crippen molar-refractivity contribution in [1.29, 1.82) is 0 Å². The number of nitrogens with zero attached hydrogens (tertiary/aromatic N) is 2. The van der Waals surface area contributed by atoms with E-state index in [-0.39, 0.29) is 12.4 Å². The summed E-state index contributed by atoms with van der Waals surface area (Å²) >= 11 is 3.23. The van der Waals surface area contributed by atoms with Gasteiger partial charge in [-0.2, -0.15) is 13.2 Å². The van der Waals surface area contributed by atoms with Gasteiger partial charge in [-0.1, -0.05) is 5.16 Å². The van der Waals surface area contributed by atoms with Crippen molar-refractivity contribution < 1.29 is 18.4 Å². The van der Waals surface area contributed by atoms with E-state index in [9.17, 15) is 13.2 Å². The van der Waals surface area contributed by atoms with Crippen LogP contribution in [0.5, 0.6) is 0 Å². The Bertz CT molecular complexity index is 477. The van der Waals surface area contributed by atoms with Gasteiger partial charge in [-0.3, -0.25) is 0 Å². The third-order valence-electron chi connectivity index (χ3n) is 2.51. The maximum absolute atomic E-state index is 12.1. The topological polar surface area (TPSA) is 61.8 Å². The second-order valence-corrected chi connectivity index (χ2v) is 4.79. The molecule has 0 atom stereocenters. The maximum atomic E-state index is 12.1. The summed E-state index contributed by atoms with van der Waals surface area (Å²) in [7, 11) is 1.57. The van der Waals surface area contributed by atoms with Gasteiger partial charge in [-0.25, -0.2) is 0 Å². The fraction of sp³-hybridized carbons (Fsp3) is 0.364. The summed E-state index contributed by atoms with van der Waals surface area (Å²) in [5, 5.41) is 11.4. The van der Waals surface area contributed by atoms with Gasteiger partial charge in [0.1, 0.15) is 0 Å². The Labute approximate surface area is 116 Å². The third-order valence-corrected chi connectivity index (χ3v) is 3.16. The average Bonchev–Trinajstić information content (AvgIpc) is 2.34. The predicted molar refractivity (Wildman–Crippen MR) is 70.6 cm³/mol. The van der Waals surface area contributed by atoms with Crippen molar-refractivity contribution in [3.05, 3.63) is 28.2 Å². The third kappa shape index (κ3) is 4.62. The molecule has 4 nitrogen and oxygen atoms in total. The summed E-state index contributed by atoms with van der Waals surface area (Å²) in [5.41, 5.74) is 6.52. The number of hydrogen-bond acceptors (Lipinski definition) is 3. The smallest absolute Gasteiger partial charge is 0.390 e. The van der Waals surface area contributed by atoms with Crippen LogP contribution in [0.2, 0.25) is 0 Å². The number of nitrogens with two attached hydrogens (primary N) is 1. The minimum atomic E-state index is -4.18. The number of halogens is 4. The molecule has 0 heterocycles. The number of anilines is 1. The van der Waals surface area contributed by atoms with Crippen molar-refractivity contribution in [1.82, 2.24) is 0 Å². The normalized spacial score (nSPS) is 12.6. The van der Waals surface area contributed by atoms with E-state index >= 15 is 0 Å². The monoisotopic (exact) mass is 339 g/mol. The zero-order valence-corrected chi connectivity index (χ0v) is 11.7. The molecule has 1 aromatic rings. The second kappa shape index (κ2) is 6.14. The number of amidine groups is 1. The lowest BCUT2D eigenvalue weighted by Gasteiger charge is -2.21. The largest absolute Gasteiger partial charge is 0.409 e. The summed E-state index contributed by atoms with van der Waals surface area (Å²) in [6, 6.07) is 4.79. The molecule has 0 aromatic heterocycles. The van der Waals surface area contributed by atoms with Crippen LogP contribution in [0.1, 0.15) is 12.0 Å². The molecule has 106 valence electrons. The molecule has 3 N–H and O–H groups in total. The van der Waals surface area contributed by atoms with Gasteiger partial charge < -0.3 is 15.8 Å². The Kier molecular flexibility index (Phi) is 5.04. The summed E-state index contributed by atoms with van der Waals surface area (Å²) in [6.07, 6.45) is -5.07. The Hall–Kier alpha value is -1.44. The van der Waals surface area contributed by atoms with Crippen LogP contribution in [0.4, 0.5) is 18.9 Å². The fourth-order valence-corrected chi connectivity index (χ4v) is 2.00. The molecular weight excluding hydrogens is 327 g/mol. The molecule has 8 heteroatoms. The number of hydrogen-bond donors (Lipinski definition) is 2. The lowest BCUT2D eigenvalue weighted by atomic mass is 10.2. The molecule has 0 bridgehead atoms. The Balaban J connectivity index is 2.83. The van der Waals surface area contributed by atoms with Crippen molar-refractivity contribution in [2.45, 2.75) is 12.6 Å². The Morgan fingerprint density at radius 1 is 1.47 bits per heavy atom. The van der Waals surface area contributed by atoms with Crippen LogP contribution in [0.15, 0.2) is 27.8 Å². The summed E-state index contributed by atoms with van der Waals surface area (Å²) in [6.45, 7) is -0.140. The molecule has 0 saturated carbocycles. The van der Waals surface area contributed by atoms with E-state index in [1.807, 2.05) is 0 Å². The minimum Gasteiger partial charge on any atom is -0.409 e. The van der Waals surface area contributed by atoms with Gasteiger partial charge in [-0.05, 0) is 34.1 Å². The summed E-state index contributed by atoms with van der Waals surface area (Å²) < 4.78 is 36.9. The van der Waals surface area contributed by atoms with Crippen molar-refractivity contribution in [2.75, 3.05) is 18.5 Å². The zero-order chi connectivity index (χ0) is 14.6. The summed E-state index contributed by atoms with van der Waals surface area (Å²) in [5.74, 6) is -0.0728. The van der Waals surface area contributed by atoms with E-state index in [1.54, 1.807) is 25.2 Å². The first-order valence-electron chi connectivity index (χ1n) is 5.30. The quantitative estimate of drug-likeness (QED) is 0.383. The van der Waals surface area contributed by atoms with Gasteiger partial charge in [0.15, 0.2) is 5.84 Å². The molecule has 0 aliphatic carbocycles. The summed E-state index contributed by atoms with van der Waals surface area (Å²) in [4.78, 5) is 1.48. The van der Waals surface area contributed by atoms with Crippen molar-refractivity contribution in [2.24, 2.45) is 10.9 Å². The average molecular weight is 340 g/mol. The van der Waals surface area contributed by atoms with E-state index in [0.29, 0.717) is 15.7 Å². The highest BCUT2D eigenvalue weighted by molar-refractivity contribution is 9.10. The first-order valence-corrected chi connectivity index (χ1v) is 6.09. The van der Waals surface area contributed by atoms with Crippen LogP contribution >= 0.6 is 15.9 Å². The number of rotatable bonds is 4. The van der Waals surface area contributed by atoms with E-state index in [4.69, 9.17) is 10.9 Å². The predicted octanol–water partition coefficient (Wildman–Crippen LogP) is 2.93. The second-order valence-electron chi connectivity index (χ2n) is 3.94. The van der Waals surface area contributed by atoms with Gasteiger partial charge in [-0.15, -0.1) is 0 Å². The number of alkyl halides is 3. The SMILES string of the molecule is CN(CCC(F)(F)F)c1ccc(/C(N)=N/O)c(Br)c1. The van der Waals surface area contributed by atoms with Crippen LogP contribution in [-0.4, -0.2) is 30.8 Å². The molecule has 1 rings (SSSR count). The fourth-order valence-electron chi connectivity index (χ4n) is 1.43. The van der Waals surface area contributed by atoms with Gasteiger partial charge in [0.2, 0.25) is 0 Å². The lowest BCUT2D eigenvalue weighted by Crippen LogP contribution is -2.24. The molecule has 0 aliphatic heterocycles. The minimum absolute atomic E-state index is 0.0728. The molecule has 19 heavy (non-hydrogen) atoms. The van der Waals surface area contributed by atoms with Gasteiger partial charge in [0.25, 0.3) is 0 Å². The van der Waals surface area contributed by atoms with Crippen molar-refractivity contribution in [3.8, 4) is 0 Å². The first-order chi connectivity index (χ1) is 8.74. The lowest BCUT2D eigenvalue weighted by molar-refractivity contribution is -0.132. The molecular formula is C11H13BrF3N3O. The molecule has 0 amide bonds.